The molecule has 52 valence electrons. The Morgan fingerprint density at radius 1 is 1.50 bits per heavy atom. The minimum absolute atomic E-state index is 0.811. The lowest BCUT2D eigenvalue weighted by molar-refractivity contribution is 1.46. The van der Waals surface area contributed by atoms with Crippen LogP contribution < -0.4 is 0 Å². The van der Waals surface area contributed by atoms with Gasteiger partial charge in [-0.2, -0.15) is 0 Å². The Balaban J connectivity index is 3.16. The standard InChI is InChI=1S/C9H9Cl/c1-3-8-4-5-9(10)7(2)6-8/h3-6H,1H2,2H3. The lowest BCUT2D eigenvalue weighted by Crippen LogP contribution is -1.76. The largest absolute Gasteiger partial charge is 0.0985 e. The molecule has 0 fully saturated rings. The van der Waals surface area contributed by atoms with E-state index in [1.807, 2.05) is 31.2 Å². The zero-order chi connectivity index (χ0) is 7.56. The molecule has 0 atom stereocenters. The summed E-state index contributed by atoms with van der Waals surface area (Å²) >= 11 is 5.80. The summed E-state index contributed by atoms with van der Waals surface area (Å²) in [5.74, 6) is 0. The number of hydrogen-bond acceptors (Lipinski definition) is 0. The van der Waals surface area contributed by atoms with Crippen LogP contribution in [0.4, 0.5) is 0 Å². The first-order valence-corrected chi connectivity index (χ1v) is 3.50. The van der Waals surface area contributed by atoms with E-state index in [1.165, 1.54) is 0 Å². The molecule has 0 aliphatic heterocycles. The first-order chi connectivity index (χ1) is 4.74. The van der Waals surface area contributed by atoms with Gasteiger partial charge in [-0.25, -0.2) is 0 Å². The van der Waals surface area contributed by atoms with Crippen molar-refractivity contribution in [1.29, 1.82) is 0 Å². The first-order valence-electron chi connectivity index (χ1n) is 3.12. The molecule has 0 unspecified atom stereocenters. The molecule has 0 aliphatic rings. The molecule has 0 N–H and O–H groups in total. The lowest BCUT2D eigenvalue weighted by Gasteiger charge is -1.97. The fraction of sp³-hybridized carbons (Fsp3) is 0.111. The third-order valence-electron chi connectivity index (χ3n) is 1.42. The van der Waals surface area contributed by atoms with E-state index in [0.29, 0.717) is 0 Å². The summed E-state index contributed by atoms with van der Waals surface area (Å²) in [7, 11) is 0. The second-order valence-corrected chi connectivity index (χ2v) is 2.62. The minimum Gasteiger partial charge on any atom is -0.0985 e. The molecule has 0 spiro atoms. The van der Waals surface area contributed by atoms with E-state index >= 15 is 0 Å². The molecule has 0 amide bonds. The summed E-state index contributed by atoms with van der Waals surface area (Å²) in [4.78, 5) is 0. The van der Waals surface area contributed by atoms with Crippen LogP contribution in [0.2, 0.25) is 5.02 Å². The first kappa shape index (κ1) is 7.36. The fourth-order valence-electron chi connectivity index (χ4n) is 0.795. The van der Waals surface area contributed by atoms with Gasteiger partial charge in [0.2, 0.25) is 0 Å². The highest BCUT2D eigenvalue weighted by atomic mass is 35.5. The van der Waals surface area contributed by atoms with Gasteiger partial charge < -0.3 is 0 Å². The molecule has 1 aromatic carbocycles. The number of rotatable bonds is 1. The molecule has 0 heterocycles. The zero-order valence-electron chi connectivity index (χ0n) is 5.89. The summed E-state index contributed by atoms with van der Waals surface area (Å²) in [5, 5.41) is 0.811. The van der Waals surface area contributed by atoms with Gasteiger partial charge >= 0.3 is 0 Å². The normalized spacial score (nSPS) is 9.40. The maximum Gasteiger partial charge on any atom is 0.0435 e. The number of halogens is 1. The molecule has 1 rings (SSSR count). The van der Waals surface area contributed by atoms with Crippen LogP contribution in [0.15, 0.2) is 24.8 Å². The SMILES string of the molecule is C=Cc1ccc(Cl)c(C)c1. The van der Waals surface area contributed by atoms with E-state index in [4.69, 9.17) is 11.6 Å². The molecule has 10 heavy (non-hydrogen) atoms. The molecule has 0 saturated carbocycles. The summed E-state index contributed by atoms with van der Waals surface area (Å²) in [5.41, 5.74) is 2.21. The van der Waals surface area contributed by atoms with Crippen LogP contribution in [0.5, 0.6) is 0 Å². The molecule has 1 aromatic rings. The molecule has 0 aromatic heterocycles. The maximum absolute atomic E-state index is 5.80. The second-order valence-electron chi connectivity index (χ2n) is 2.21. The van der Waals surface area contributed by atoms with Crippen LogP contribution in [0.1, 0.15) is 11.1 Å². The fourth-order valence-corrected chi connectivity index (χ4v) is 0.912. The molecular formula is C9H9Cl. The minimum atomic E-state index is 0.811. The van der Waals surface area contributed by atoms with Gasteiger partial charge in [-0.3, -0.25) is 0 Å². The average Bonchev–Trinajstić information content (AvgIpc) is 1.95. The highest BCUT2D eigenvalue weighted by Gasteiger charge is 1.92. The molecule has 0 radical (unpaired) electrons. The molecule has 0 nitrogen and oxygen atoms in total. The Labute approximate surface area is 66.1 Å². The number of aryl methyl sites for hydroxylation is 1. The predicted molar refractivity (Wildman–Crippen MR) is 46.3 cm³/mol. The van der Waals surface area contributed by atoms with Crippen molar-refractivity contribution in [3.05, 3.63) is 40.9 Å². The monoisotopic (exact) mass is 152 g/mol. The van der Waals surface area contributed by atoms with Crippen LogP contribution >= 0.6 is 11.6 Å². The van der Waals surface area contributed by atoms with Crippen LogP contribution in [-0.4, -0.2) is 0 Å². The van der Waals surface area contributed by atoms with E-state index < -0.39 is 0 Å². The van der Waals surface area contributed by atoms with Crippen LogP contribution in [0, 0.1) is 6.92 Å². The maximum atomic E-state index is 5.80. The summed E-state index contributed by atoms with van der Waals surface area (Å²) in [6.07, 6.45) is 1.81. The Morgan fingerprint density at radius 3 is 2.70 bits per heavy atom. The summed E-state index contributed by atoms with van der Waals surface area (Å²) in [6.45, 7) is 5.64. The zero-order valence-corrected chi connectivity index (χ0v) is 6.65. The molecular weight excluding hydrogens is 144 g/mol. The quantitative estimate of drug-likeness (QED) is 0.580. The van der Waals surface area contributed by atoms with Crippen LogP contribution in [0.3, 0.4) is 0 Å². The van der Waals surface area contributed by atoms with Gasteiger partial charge in [0.05, 0.1) is 0 Å². The smallest absolute Gasteiger partial charge is 0.0435 e. The van der Waals surface area contributed by atoms with E-state index in [2.05, 4.69) is 6.58 Å². The van der Waals surface area contributed by atoms with Crippen molar-refractivity contribution in [2.75, 3.05) is 0 Å². The van der Waals surface area contributed by atoms with Gasteiger partial charge in [-0.15, -0.1) is 0 Å². The Kier molecular flexibility index (Phi) is 2.13. The van der Waals surface area contributed by atoms with Crippen molar-refractivity contribution in [3.63, 3.8) is 0 Å². The van der Waals surface area contributed by atoms with E-state index in [0.717, 1.165) is 16.1 Å². The highest BCUT2D eigenvalue weighted by molar-refractivity contribution is 6.31. The molecule has 0 aliphatic carbocycles. The lowest BCUT2D eigenvalue weighted by atomic mass is 10.1. The number of benzene rings is 1. The topological polar surface area (TPSA) is 0 Å². The number of hydrogen-bond donors (Lipinski definition) is 0. The van der Waals surface area contributed by atoms with Crippen molar-refractivity contribution in [1.82, 2.24) is 0 Å². The van der Waals surface area contributed by atoms with E-state index in [1.54, 1.807) is 0 Å². The molecule has 0 bridgehead atoms. The molecule has 0 saturated heterocycles. The van der Waals surface area contributed by atoms with Crippen molar-refractivity contribution < 1.29 is 0 Å². The van der Waals surface area contributed by atoms with Gasteiger partial charge in [0.15, 0.2) is 0 Å². The van der Waals surface area contributed by atoms with Crippen molar-refractivity contribution in [2.24, 2.45) is 0 Å². The van der Waals surface area contributed by atoms with Gasteiger partial charge in [-0.1, -0.05) is 36.4 Å². The molecule has 1 heteroatoms. The Morgan fingerprint density at radius 2 is 2.20 bits per heavy atom. The average molecular weight is 153 g/mol. The van der Waals surface area contributed by atoms with Crippen LogP contribution in [-0.2, 0) is 0 Å². The summed E-state index contributed by atoms with van der Waals surface area (Å²) in [6, 6.07) is 5.84. The van der Waals surface area contributed by atoms with Gasteiger partial charge in [0.25, 0.3) is 0 Å². The van der Waals surface area contributed by atoms with Gasteiger partial charge in [-0.05, 0) is 24.1 Å². The third-order valence-corrected chi connectivity index (χ3v) is 1.84. The van der Waals surface area contributed by atoms with E-state index in [-0.39, 0.29) is 0 Å². The Hall–Kier alpha value is -0.750. The van der Waals surface area contributed by atoms with Crippen molar-refractivity contribution in [2.45, 2.75) is 6.92 Å². The Bertz CT molecular complexity index is 251. The van der Waals surface area contributed by atoms with E-state index in [9.17, 15) is 0 Å². The third kappa shape index (κ3) is 1.39. The predicted octanol–water partition coefficient (Wildman–Crippen LogP) is 3.29. The van der Waals surface area contributed by atoms with Crippen molar-refractivity contribution >= 4 is 17.7 Å². The van der Waals surface area contributed by atoms with Crippen molar-refractivity contribution in [3.8, 4) is 0 Å². The second kappa shape index (κ2) is 2.89. The van der Waals surface area contributed by atoms with Crippen LogP contribution in [0.25, 0.3) is 6.08 Å². The van der Waals surface area contributed by atoms with Gasteiger partial charge in [0, 0.05) is 5.02 Å². The van der Waals surface area contributed by atoms with Gasteiger partial charge in [0.1, 0.15) is 0 Å². The highest BCUT2D eigenvalue weighted by Crippen LogP contribution is 2.16. The summed E-state index contributed by atoms with van der Waals surface area (Å²) < 4.78 is 0.